The van der Waals surface area contributed by atoms with E-state index in [1.165, 1.54) is 6.92 Å². The quantitative estimate of drug-likeness (QED) is 0.516. The van der Waals surface area contributed by atoms with Crippen LogP contribution in [0, 0.1) is 0 Å². The van der Waals surface area contributed by atoms with Crippen LogP contribution < -0.4 is 20.9 Å². The predicted molar refractivity (Wildman–Crippen MR) is 120 cm³/mol. The Kier molecular flexibility index (Phi) is 7.40. The number of ether oxygens (including phenoxy) is 2. The summed E-state index contributed by atoms with van der Waals surface area (Å²) in [5, 5.41) is 6.56. The summed E-state index contributed by atoms with van der Waals surface area (Å²) in [5.74, 6) is -0.0432. The third kappa shape index (κ3) is 5.93. The van der Waals surface area contributed by atoms with Gasteiger partial charge < -0.3 is 24.7 Å². The monoisotopic (exact) mass is 423 g/mol. The molecule has 8 nitrogen and oxygen atoms in total. The number of pyridine rings is 1. The Morgan fingerprint density at radius 2 is 1.68 bits per heavy atom. The molecule has 8 heteroatoms. The van der Waals surface area contributed by atoms with Gasteiger partial charge in [0, 0.05) is 43.0 Å². The first-order chi connectivity index (χ1) is 15.0. The number of carbonyl (C=O) groups is 2. The van der Waals surface area contributed by atoms with Crippen molar-refractivity contribution in [3.05, 3.63) is 65.1 Å². The summed E-state index contributed by atoms with van der Waals surface area (Å²) in [6.45, 7) is 4.66. The Bertz CT molecular complexity index is 1120. The van der Waals surface area contributed by atoms with E-state index in [2.05, 4.69) is 10.6 Å². The Hall–Kier alpha value is -3.65. The molecule has 0 unspecified atom stereocenters. The number of nitrogens with one attached hydrogen (secondary N) is 2. The number of amides is 2. The summed E-state index contributed by atoms with van der Waals surface area (Å²) < 4.78 is 12.6. The molecular weight excluding hydrogens is 398 g/mol. The molecular formula is C23H25N3O5. The lowest BCUT2D eigenvalue weighted by Gasteiger charge is -2.12. The number of fused-ring (bicyclic) bond motifs is 1. The molecule has 0 saturated carbocycles. The van der Waals surface area contributed by atoms with Gasteiger partial charge in [-0.1, -0.05) is 6.07 Å². The van der Waals surface area contributed by atoms with Crippen LogP contribution in [0.3, 0.4) is 0 Å². The molecule has 2 amide bonds. The summed E-state index contributed by atoms with van der Waals surface area (Å²) in [4.78, 5) is 36.0. The first kappa shape index (κ1) is 22.0. The molecule has 3 aromatic rings. The maximum Gasteiger partial charge on any atom is 0.262 e. The average molecular weight is 423 g/mol. The number of hydrogen-bond donors (Lipinski definition) is 2. The second-order valence-electron chi connectivity index (χ2n) is 6.82. The number of carbonyl (C=O) groups excluding carboxylic acids is 2. The second kappa shape index (κ2) is 10.4. The number of benzene rings is 2. The van der Waals surface area contributed by atoms with E-state index in [4.69, 9.17) is 9.47 Å². The third-order valence-electron chi connectivity index (χ3n) is 4.51. The van der Waals surface area contributed by atoms with Gasteiger partial charge in [0.05, 0.1) is 12.0 Å². The normalized spacial score (nSPS) is 10.6. The van der Waals surface area contributed by atoms with E-state index < -0.39 is 0 Å². The molecule has 1 aromatic heterocycles. The summed E-state index contributed by atoms with van der Waals surface area (Å²) >= 11 is 0. The fourth-order valence-corrected chi connectivity index (χ4v) is 3.08. The summed E-state index contributed by atoms with van der Waals surface area (Å²) in [6.07, 6.45) is 1.70. The van der Waals surface area contributed by atoms with Crippen molar-refractivity contribution < 1.29 is 19.1 Å². The van der Waals surface area contributed by atoms with E-state index >= 15 is 0 Å². The van der Waals surface area contributed by atoms with Gasteiger partial charge >= 0.3 is 0 Å². The fraction of sp³-hybridized carbons (Fsp3) is 0.261. The molecule has 0 radical (unpaired) electrons. The van der Waals surface area contributed by atoms with E-state index in [9.17, 15) is 14.4 Å². The maximum atomic E-state index is 12.7. The molecule has 0 aliphatic carbocycles. The molecule has 0 saturated heterocycles. The van der Waals surface area contributed by atoms with Crippen molar-refractivity contribution in [2.75, 3.05) is 30.5 Å². The van der Waals surface area contributed by atoms with Gasteiger partial charge in [0.15, 0.2) is 6.61 Å². The fourth-order valence-electron chi connectivity index (χ4n) is 3.08. The molecule has 0 spiro atoms. The van der Waals surface area contributed by atoms with Crippen LogP contribution in [0.5, 0.6) is 5.75 Å². The van der Waals surface area contributed by atoms with Crippen molar-refractivity contribution in [2.24, 2.45) is 0 Å². The lowest BCUT2D eigenvalue weighted by molar-refractivity contribution is -0.118. The second-order valence-corrected chi connectivity index (χ2v) is 6.82. The van der Waals surface area contributed by atoms with E-state index in [0.717, 1.165) is 0 Å². The minimum Gasteiger partial charge on any atom is -0.483 e. The van der Waals surface area contributed by atoms with Gasteiger partial charge in [-0.05, 0) is 49.4 Å². The smallest absolute Gasteiger partial charge is 0.262 e. The molecule has 0 aliphatic rings. The number of hydrogen-bond acceptors (Lipinski definition) is 5. The van der Waals surface area contributed by atoms with Gasteiger partial charge in [0.25, 0.3) is 11.5 Å². The first-order valence-electron chi connectivity index (χ1n) is 9.98. The number of nitrogens with zero attached hydrogens (tertiary/aromatic N) is 1. The predicted octanol–water partition coefficient (Wildman–Crippen LogP) is 3.01. The minimum absolute atomic E-state index is 0.133. The van der Waals surface area contributed by atoms with Gasteiger partial charge in [-0.25, -0.2) is 0 Å². The Labute approximate surface area is 179 Å². The lowest BCUT2D eigenvalue weighted by atomic mass is 10.1. The van der Waals surface area contributed by atoms with Crippen LogP contribution in [0.2, 0.25) is 0 Å². The van der Waals surface area contributed by atoms with Crippen molar-refractivity contribution in [3.8, 4) is 5.75 Å². The number of rotatable bonds is 9. The third-order valence-corrected chi connectivity index (χ3v) is 4.51. The van der Waals surface area contributed by atoms with E-state index in [0.29, 0.717) is 47.7 Å². The number of anilines is 2. The zero-order valence-corrected chi connectivity index (χ0v) is 17.5. The number of aromatic nitrogens is 1. The summed E-state index contributed by atoms with van der Waals surface area (Å²) in [5.41, 5.74) is 1.09. The highest BCUT2D eigenvalue weighted by Crippen LogP contribution is 2.23. The Morgan fingerprint density at radius 3 is 2.35 bits per heavy atom. The highest BCUT2D eigenvalue weighted by molar-refractivity contribution is 5.93. The van der Waals surface area contributed by atoms with Crippen LogP contribution in [0.25, 0.3) is 10.8 Å². The molecule has 0 aliphatic heterocycles. The van der Waals surface area contributed by atoms with E-state index in [1.807, 2.05) is 6.92 Å². The van der Waals surface area contributed by atoms with Crippen molar-refractivity contribution in [2.45, 2.75) is 20.4 Å². The molecule has 0 atom stereocenters. The largest absolute Gasteiger partial charge is 0.483 e. The standard InChI is InChI=1S/C23H25N3O5/c1-3-30-14-13-26-12-11-19-20(23(26)29)5-4-6-21(19)31-15-22(28)25-18-9-7-17(8-10-18)24-16(2)27/h4-12H,3,13-15H2,1-2H3,(H,24,27)(H,25,28). The molecule has 2 N–H and O–H groups in total. The van der Waals surface area contributed by atoms with Crippen LogP contribution in [0.4, 0.5) is 11.4 Å². The van der Waals surface area contributed by atoms with Crippen LogP contribution in [0.1, 0.15) is 13.8 Å². The van der Waals surface area contributed by atoms with Gasteiger partial charge in [-0.3, -0.25) is 14.4 Å². The Morgan fingerprint density at radius 1 is 0.968 bits per heavy atom. The highest BCUT2D eigenvalue weighted by atomic mass is 16.5. The van der Waals surface area contributed by atoms with Crippen molar-refractivity contribution >= 4 is 34.0 Å². The van der Waals surface area contributed by atoms with Gasteiger partial charge in [-0.2, -0.15) is 0 Å². The van der Waals surface area contributed by atoms with E-state index in [-0.39, 0.29) is 24.0 Å². The molecule has 0 bridgehead atoms. The first-order valence-corrected chi connectivity index (χ1v) is 9.98. The van der Waals surface area contributed by atoms with Gasteiger partial charge in [0.2, 0.25) is 5.91 Å². The Balaban J connectivity index is 1.65. The summed E-state index contributed by atoms with van der Waals surface area (Å²) in [7, 11) is 0. The topological polar surface area (TPSA) is 98.7 Å². The molecule has 31 heavy (non-hydrogen) atoms. The minimum atomic E-state index is -0.339. The summed E-state index contributed by atoms with van der Waals surface area (Å²) in [6, 6.07) is 13.7. The van der Waals surface area contributed by atoms with Crippen LogP contribution in [-0.4, -0.2) is 36.2 Å². The van der Waals surface area contributed by atoms with Crippen LogP contribution in [0.15, 0.2) is 59.5 Å². The zero-order chi connectivity index (χ0) is 22.2. The van der Waals surface area contributed by atoms with Crippen molar-refractivity contribution in [3.63, 3.8) is 0 Å². The SMILES string of the molecule is CCOCCn1ccc2c(OCC(=O)Nc3ccc(NC(C)=O)cc3)cccc2c1=O. The lowest BCUT2D eigenvalue weighted by Crippen LogP contribution is -2.22. The molecule has 162 valence electrons. The van der Waals surface area contributed by atoms with Crippen molar-refractivity contribution in [1.82, 2.24) is 4.57 Å². The average Bonchev–Trinajstić information content (AvgIpc) is 2.75. The van der Waals surface area contributed by atoms with Crippen LogP contribution >= 0.6 is 0 Å². The van der Waals surface area contributed by atoms with Gasteiger partial charge in [-0.15, -0.1) is 0 Å². The molecule has 3 rings (SSSR count). The molecule has 0 fully saturated rings. The van der Waals surface area contributed by atoms with E-state index in [1.54, 1.807) is 59.3 Å². The van der Waals surface area contributed by atoms with Crippen LogP contribution in [-0.2, 0) is 20.9 Å². The molecule has 1 heterocycles. The van der Waals surface area contributed by atoms with Gasteiger partial charge in [0.1, 0.15) is 5.75 Å². The zero-order valence-electron chi connectivity index (χ0n) is 17.5. The molecule has 2 aromatic carbocycles. The maximum absolute atomic E-state index is 12.7. The van der Waals surface area contributed by atoms with Crippen molar-refractivity contribution in [1.29, 1.82) is 0 Å². The highest BCUT2D eigenvalue weighted by Gasteiger charge is 2.10.